The second-order valence-corrected chi connectivity index (χ2v) is 5.07. The van der Waals surface area contributed by atoms with Crippen LogP contribution < -0.4 is 4.90 Å². The topological polar surface area (TPSA) is 16.1 Å². The Morgan fingerprint density at radius 3 is 3.21 bits per heavy atom. The quantitative estimate of drug-likeness (QED) is 0.791. The molecule has 14 heavy (non-hydrogen) atoms. The highest BCUT2D eigenvalue weighted by molar-refractivity contribution is 7.14. The van der Waals surface area contributed by atoms with Crippen LogP contribution in [-0.4, -0.2) is 18.1 Å². The van der Waals surface area contributed by atoms with E-state index in [1.807, 2.05) is 5.38 Å². The van der Waals surface area contributed by atoms with E-state index in [2.05, 4.69) is 16.8 Å². The summed E-state index contributed by atoms with van der Waals surface area (Å²) in [6, 6.07) is 0. The number of aromatic nitrogens is 1. The monoisotopic (exact) mass is 230 g/mol. The summed E-state index contributed by atoms with van der Waals surface area (Å²) in [5.74, 6) is 0.864. The average molecular weight is 231 g/mol. The third kappa shape index (κ3) is 2.20. The number of hydrogen-bond acceptors (Lipinski definition) is 3. The summed E-state index contributed by atoms with van der Waals surface area (Å²) >= 11 is 7.46. The van der Waals surface area contributed by atoms with Gasteiger partial charge in [-0.15, -0.1) is 11.3 Å². The van der Waals surface area contributed by atoms with Crippen molar-refractivity contribution in [2.24, 2.45) is 5.92 Å². The first-order chi connectivity index (χ1) is 6.79. The Morgan fingerprint density at radius 1 is 1.71 bits per heavy atom. The van der Waals surface area contributed by atoms with Gasteiger partial charge >= 0.3 is 0 Å². The molecule has 2 rings (SSSR count). The zero-order valence-electron chi connectivity index (χ0n) is 8.37. The summed E-state index contributed by atoms with van der Waals surface area (Å²) in [5, 5.41) is 3.63. The molecule has 1 atom stereocenters. The molecule has 1 aliphatic heterocycles. The molecule has 0 aliphatic carbocycles. The summed E-state index contributed by atoms with van der Waals surface area (Å²) in [6.45, 7) is 4.56. The number of anilines is 1. The highest BCUT2D eigenvalue weighted by atomic mass is 35.5. The van der Waals surface area contributed by atoms with E-state index < -0.39 is 0 Å². The average Bonchev–Trinajstić information content (AvgIpc) is 2.74. The maximum Gasteiger partial charge on any atom is 0.186 e. The number of thiazole rings is 1. The fourth-order valence-corrected chi connectivity index (χ4v) is 3.03. The third-order valence-corrected chi connectivity index (χ3v) is 3.94. The van der Waals surface area contributed by atoms with Crippen LogP contribution in [0.15, 0.2) is 5.38 Å². The molecule has 0 N–H and O–H groups in total. The summed E-state index contributed by atoms with van der Waals surface area (Å²) in [5.41, 5.74) is 0. The van der Waals surface area contributed by atoms with Crippen molar-refractivity contribution in [1.29, 1.82) is 0 Å². The van der Waals surface area contributed by atoms with Crippen LogP contribution in [0.2, 0.25) is 5.15 Å². The van der Waals surface area contributed by atoms with Gasteiger partial charge in [-0.25, -0.2) is 4.98 Å². The minimum atomic E-state index is 0.629. The number of halogens is 1. The van der Waals surface area contributed by atoms with Crippen molar-refractivity contribution in [3.63, 3.8) is 0 Å². The van der Waals surface area contributed by atoms with E-state index in [9.17, 15) is 0 Å². The Bertz CT molecular complexity index is 300. The minimum absolute atomic E-state index is 0.629. The molecule has 1 aromatic rings. The first-order valence-electron chi connectivity index (χ1n) is 5.15. The van der Waals surface area contributed by atoms with Gasteiger partial charge in [0, 0.05) is 18.5 Å². The number of nitrogens with zero attached hydrogens (tertiary/aromatic N) is 2. The lowest BCUT2D eigenvalue weighted by Crippen LogP contribution is -2.19. The van der Waals surface area contributed by atoms with Crippen LogP contribution in [0.1, 0.15) is 26.2 Å². The molecule has 0 bridgehead atoms. The zero-order chi connectivity index (χ0) is 9.97. The molecule has 1 saturated heterocycles. The Kier molecular flexibility index (Phi) is 3.29. The molecule has 0 spiro atoms. The fraction of sp³-hybridized carbons (Fsp3) is 0.700. The predicted molar refractivity (Wildman–Crippen MR) is 62.4 cm³/mol. The third-order valence-electron chi connectivity index (χ3n) is 2.72. The molecule has 0 saturated carbocycles. The zero-order valence-corrected chi connectivity index (χ0v) is 9.94. The van der Waals surface area contributed by atoms with Crippen molar-refractivity contribution in [3.8, 4) is 0 Å². The van der Waals surface area contributed by atoms with Gasteiger partial charge in [-0.2, -0.15) is 0 Å². The molecule has 1 aromatic heterocycles. The van der Waals surface area contributed by atoms with Gasteiger partial charge in [0.25, 0.3) is 0 Å². The summed E-state index contributed by atoms with van der Waals surface area (Å²) in [6.07, 6.45) is 3.94. The van der Waals surface area contributed by atoms with Crippen molar-refractivity contribution in [1.82, 2.24) is 4.98 Å². The van der Waals surface area contributed by atoms with Crippen molar-refractivity contribution in [2.75, 3.05) is 18.0 Å². The van der Waals surface area contributed by atoms with Gasteiger partial charge in [0.1, 0.15) is 5.15 Å². The molecule has 0 amide bonds. The van der Waals surface area contributed by atoms with Crippen molar-refractivity contribution in [2.45, 2.75) is 26.2 Å². The van der Waals surface area contributed by atoms with Crippen molar-refractivity contribution in [3.05, 3.63) is 10.5 Å². The standard InChI is InChI=1S/C10H15ClN2S/c1-2-3-8-4-5-13(6-8)10-12-9(11)7-14-10/h7-8H,2-6H2,1H3. The molecule has 0 radical (unpaired) electrons. The molecule has 2 heterocycles. The number of rotatable bonds is 3. The van der Waals surface area contributed by atoms with Crippen LogP contribution in [0.25, 0.3) is 0 Å². The Balaban J connectivity index is 1.95. The largest absolute Gasteiger partial charge is 0.348 e. The normalized spacial score (nSPS) is 21.9. The molecule has 0 aromatic carbocycles. The van der Waals surface area contributed by atoms with E-state index in [1.165, 1.54) is 19.3 Å². The van der Waals surface area contributed by atoms with E-state index in [0.29, 0.717) is 5.15 Å². The van der Waals surface area contributed by atoms with Crippen LogP contribution in [0.5, 0.6) is 0 Å². The van der Waals surface area contributed by atoms with Gasteiger partial charge < -0.3 is 4.90 Å². The van der Waals surface area contributed by atoms with Gasteiger partial charge in [-0.3, -0.25) is 0 Å². The first-order valence-corrected chi connectivity index (χ1v) is 6.41. The lowest BCUT2D eigenvalue weighted by molar-refractivity contribution is 0.530. The van der Waals surface area contributed by atoms with Gasteiger partial charge in [-0.1, -0.05) is 24.9 Å². The molecular weight excluding hydrogens is 216 g/mol. The smallest absolute Gasteiger partial charge is 0.186 e. The molecular formula is C10H15ClN2S. The van der Waals surface area contributed by atoms with Gasteiger partial charge in [-0.05, 0) is 18.8 Å². The summed E-state index contributed by atoms with van der Waals surface area (Å²) in [4.78, 5) is 6.66. The molecule has 2 nitrogen and oxygen atoms in total. The van der Waals surface area contributed by atoms with E-state index >= 15 is 0 Å². The Labute approximate surface area is 93.9 Å². The highest BCUT2D eigenvalue weighted by Crippen LogP contribution is 2.29. The van der Waals surface area contributed by atoms with Gasteiger partial charge in [0.05, 0.1) is 0 Å². The van der Waals surface area contributed by atoms with Gasteiger partial charge in [0.2, 0.25) is 0 Å². The minimum Gasteiger partial charge on any atom is -0.348 e. The van der Waals surface area contributed by atoms with Gasteiger partial charge in [0.15, 0.2) is 5.13 Å². The molecule has 1 fully saturated rings. The first kappa shape index (κ1) is 10.2. The fourth-order valence-electron chi connectivity index (χ4n) is 2.04. The summed E-state index contributed by atoms with van der Waals surface area (Å²) in [7, 11) is 0. The SMILES string of the molecule is CCCC1CCN(c2nc(Cl)cs2)C1. The van der Waals surface area contributed by atoms with E-state index in [4.69, 9.17) is 11.6 Å². The second-order valence-electron chi connectivity index (χ2n) is 3.84. The molecule has 1 unspecified atom stereocenters. The van der Waals surface area contributed by atoms with E-state index in [1.54, 1.807) is 11.3 Å². The van der Waals surface area contributed by atoms with E-state index in [0.717, 1.165) is 24.1 Å². The van der Waals surface area contributed by atoms with Crippen molar-refractivity contribution < 1.29 is 0 Å². The van der Waals surface area contributed by atoms with Crippen LogP contribution in [0.3, 0.4) is 0 Å². The maximum atomic E-state index is 5.81. The van der Waals surface area contributed by atoms with Crippen LogP contribution in [0.4, 0.5) is 5.13 Å². The van der Waals surface area contributed by atoms with Crippen LogP contribution >= 0.6 is 22.9 Å². The lowest BCUT2D eigenvalue weighted by atomic mass is 10.0. The number of hydrogen-bond donors (Lipinski definition) is 0. The van der Waals surface area contributed by atoms with E-state index in [-0.39, 0.29) is 0 Å². The maximum absolute atomic E-state index is 5.81. The Hall–Kier alpha value is -0.280. The molecule has 78 valence electrons. The summed E-state index contributed by atoms with van der Waals surface area (Å²) < 4.78 is 0. The predicted octanol–water partition coefficient (Wildman–Crippen LogP) is 3.42. The second kappa shape index (κ2) is 4.49. The van der Waals surface area contributed by atoms with Crippen LogP contribution in [-0.2, 0) is 0 Å². The molecule has 4 heteroatoms. The van der Waals surface area contributed by atoms with Crippen LogP contribution in [0, 0.1) is 5.92 Å². The molecule has 1 aliphatic rings. The van der Waals surface area contributed by atoms with Crippen molar-refractivity contribution >= 4 is 28.1 Å². The Morgan fingerprint density at radius 2 is 2.57 bits per heavy atom. The lowest BCUT2D eigenvalue weighted by Gasteiger charge is -2.14. The highest BCUT2D eigenvalue weighted by Gasteiger charge is 2.23.